The van der Waals surface area contributed by atoms with E-state index in [-0.39, 0.29) is 6.04 Å². The maximum atomic E-state index is 5.52. The molecule has 0 N–H and O–H groups in total. The molecule has 0 aliphatic carbocycles. The van der Waals surface area contributed by atoms with Gasteiger partial charge in [-0.25, -0.2) is 0 Å². The Hall–Kier alpha value is -2.97. The van der Waals surface area contributed by atoms with Crippen LogP contribution in [0.2, 0.25) is 0 Å². The highest BCUT2D eigenvalue weighted by molar-refractivity contribution is 7.98. The van der Waals surface area contributed by atoms with Crippen LogP contribution in [0, 0.1) is 0 Å². The highest BCUT2D eigenvalue weighted by Gasteiger charge is 2.22. The zero-order chi connectivity index (χ0) is 23.2. The molecule has 2 aromatic carbocycles. The summed E-state index contributed by atoms with van der Waals surface area (Å²) in [5, 5.41) is 14.1. The fourth-order valence-corrected chi connectivity index (χ4v) is 4.58. The summed E-state index contributed by atoms with van der Waals surface area (Å²) in [6.45, 7) is 5.03. The maximum Gasteiger partial charge on any atom is 0.237 e. The molecule has 1 atom stereocenters. The second kappa shape index (κ2) is 10.8. The van der Waals surface area contributed by atoms with Gasteiger partial charge in [-0.15, -0.1) is 10.2 Å². The van der Waals surface area contributed by atoms with Gasteiger partial charge in [0.05, 0.1) is 18.3 Å². The molecule has 0 saturated carbocycles. The molecule has 0 saturated heterocycles. The van der Waals surface area contributed by atoms with Crippen LogP contribution in [0.25, 0.3) is 11.4 Å². The van der Waals surface area contributed by atoms with Gasteiger partial charge in [-0.2, -0.15) is 4.98 Å². The van der Waals surface area contributed by atoms with Gasteiger partial charge < -0.3 is 9.09 Å². The third-order valence-corrected chi connectivity index (χ3v) is 6.60. The van der Waals surface area contributed by atoms with Crippen molar-refractivity contribution in [2.24, 2.45) is 0 Å². The van der Waals surface area contributed by atoms with Gasteiger partial charge in [-0.05, 0) is 38.1 Å². The molecule has 8 heteroatoms. The van der Waals surface area contributed by atoms with Crippen molar-refractivity contribution in [3.05, 3.63) is 77.4 Å². The molecule has 0 fully saturated rings. The van der Waals surface area contributed by atoms with Crippen molar-refractivity contribution in [3.63, 3.8) is 0 Å². The van der Waals surface area contributed by atoms with Crippen molar-refractivity contribution < 1.29 is 4.52 Å². The van der Waals surface area contributed by atoms with Crippen LogP contribution < -0.4 is 0 Å². The normalized spacial score (nSPS) is 12.4. The molecular weight excluding hydrogens is 432 g/mol. The van der Waals surface area contributed by atoms with Gasteiger partial charge in [-0.3, -0.25) is 4.90 Å². The lowest BCUT2D eigenvalue weighted by atomic mass is 10.1. The Morgan fingerprint density at radius 3 is 2.39 bits per heavy atom. The molecule has 4 aromatic rings. The van der Waals surface area contributed by atoms with Crippen LogP contribution in [0.4, 0.5) is 0 Å². The lowest BCUT2D eigenvalue weighted by Gasteiger charge is -2.23. The standard InChI is InChI=1S/C25H30N6OS/c1-5-18-12-14-20(15-13-18)23-26-22(32-29-23)17-33-25-28-27-24(21(6-2)30(3)4)31(25)16-19-10-8-7-9-11-19/h7-15,21H,5-6,16-17H2,1-4H3. The molecule has 172 valence electrons. The molecule has 0 spiro atoms. The zero-order valence-corrected chi connectivity index (χ0v) is 20.4. The molecule has 0 amide bonds. The van der Waals surface area contributed by atoms with E-state index in [1.54, 1.807) is 11.8 Å². The van der Waals surface area contributed by atoms with E-state index in [1.165, 1.54) is 11.1 Å². The molecular formula is C25H30N6OS. The van der Waals surface area contributed by atoms with Crippen molar-refractivity contribution >= 4 is 11.8 Å². The summed E-state index contributed by atoms with van der Waals surface area (Å²) < 4.78 is 7.72. The van der Waals surface area contributed by atoms with Crippen molar-refractivity contribution in [1.29, 1.82) is 0 Å². The smallest absolute Gasteiger partial charge is 0.237 e. The van der Waals surface area contributed by atoms with E-state index >= 15 is 0 Å². The summed E-state index contributed by atoms with van der Waals surface area (Å²) in [7, 11) is 4.16. The first-order valence-electron chi connectivity index (χ1n) is 11.3. The van der Waals surface area contributed by atoms with Crippen LogP contribution in [-0.4, -0.2) is 43.9 Å². The van der Waals surface area contributed by atoms with Crippen molar-refractivity contribution in [1.82, 2.24) is 29.8 Å². The van der Waals surface area contributed by atoms with Gasteiger partial charge in [0.1, 0.15) is 0 Å². The minimum absolute atomic E-state index is 0.191. The van der Waals surface area contributed by atoms with Crippen LogP contribution in [-0.2, 0) is 18.7 Å². The average Bonchev–Trinajstić information content (AvgIpc) is 3.46. The SMILES string of the molecule is CCc1ccc(-c2noc(CSc3nnc(C(CC)N(C)C)n3Cc3ccccc3)n2)cc1. The Labute approximate surface area is 199 Å². The molecule has 0 radical (unpaired) electrons. The highest BCUT2D eigenvalue weighted by atomic mass is 32.2. The van der Waals surface area contributed by atoms with Gasteiger partial charge in [0.2, 0.25) is 11.7 Å². The summed E-state index contributed by atoms with van der Waals surface area (Å²) in [5.41, 5.74) is 3.46. The second-order valence-corrected chi connectivity index (χ2v) is 9.09. The van der Waals surface area contributed by atoms with Crippen LogP contribution >= 0.6 is 11.8 Å². The Balaban J connectivity index is 1.54. The molecule has 0 aliphatic heterocycles. The van der Waals surface area contributed by atoms with Crippen LogP contribution in [0.5, 0.6) is 0 Å². The van der Waals surface area contributed by atoms with Crippen molar-refractivity contribution in [2.45, 2.75) is 50.2 Å². The second-order valence-electron chi connectivity index (χ2n) is 8.15. The number of hydrogen-bond acceptors (Lipinski definition) is 7. The minimum atomic E-state index is 0.191. The number of hydrogen-bond donors (Lipinski definition) is 0. The van der Waals surface area contributed by atoms with Gasteiger partial charge >= 0.3 is 0 Å². The van der Waals surface area contributed by atoms with E-state index < -0.39 is 0 Å². The van der Waals surface area contributed by atoms with Gasteiger partial charge in [0, 0.05) is 5.56 Å². The number of thioether (sulfide) groups is 1. The topological polar surface area (TPSA) is 72.9 Å². The summed E-state index contributed by atoms with van der Waals surface area (Å²) >= 11 is 1.57. The Morgan fingerprint density at radius 2 is 1.73 bits per heavy atom. The number of aromatic nitrogens is 5. The van der Waals surface area contributed by atoms with Gasteiger partial charge in [0.15, 0.2) is 11.0 Å². The van der Waals surface area contributed by atoms with E-state index in [0.717, 1.165) is 29.4 Å². The Morgan fingerprint density at radius 1 is 0.970 bits per heavy atom. The fraction of sp³-hybridized carbons (Fsp3) is 0.360. The lowest BCUT2D eigenvalue weighted by molar-refractivity contribution is 0.272. The van der Waals surface area contributed by atoms with Crippen LogP contribution in [0.15, 0.2) is 64.3 Å². The first-order chi connectivity index (χ1) is 16.1. The molecule has 2 heterocycles. The summed E-state index contributed by atoms with van der Waals surface area (Å²) in [6, 6.07) is 18.9. The zero-order valence-electron chi connectivity index (χ0n) is 19.6. The lowest BCUT2D eigenvalue weighted by Crippen LogP contribution is -2.23. The number of nitrogens with zero attached hydrogens (tertiary/aromatic N) is 6. The Bertz CT molecular complexity index is 1150. The number of rotatable bonds is 10. The van der Waals surface area contributed by atoms with Crippen molar-refractivity contribution in [2.75, 3.05) is 14.1 Å². The Kier molecular flexibility index (Phi) is 7.57. The molecule has 1 unspecified atom stereocenters. The monoisotopic (exact) mass is 462 g/mol. The predicted molar refractivity (Wildman–Crippen MR) is 131 cm³/mol. The summed E-state index contributed by atoms with van der Waals surface area (Å²) in [4.78, 5) is 6.78. The van der Waals surface area contributed by atoms with E-state index in [9.17, 15) is 0 Å². The number of benzene rings is 2. The molecule has 0 bridgehead atoms. The minimum Gasteiger partial charge on any atom is -0.338 e. The molecule has 4 rings (SSSR count). The van der Waals surface area contributed by atoms with E-state index in [1.807, 2.05) is 18.2 Å². The molecule has 33 heavy (non-hydrogen) atoms. The van der Waals surface area contributed by atoms with Gasteiger partial charge in [0.25, 0.3) is 0 Å². The van der Waals surface area contributed by atoms with Crippen LogP contribution in [0.3, 0.4) is 0 Å². The third kappa shape index (κ3) is 5.51. The molecule has 0 aliphatic rings. The van der Waals surface area contributed by atoms with E-state index in [2.05, 4.69) is 94.1 Å². The summed E-state index contributed by atoms with van der Waals surface area (Å²) in [5.74, 6) is 2.69. The van der Waals surface area contributed by atoms with Crippen LogP contribution in [0.1, 0.15) is 49.2 Å². The third-order valence-electron chi connectivity index (χ3n) is 5.65. The maximum absolute atomic E-state index is 5.52. The summed E-state index contributed by atoms with van der Waals surface area (Å²) in [6.07, 6.45) is 1.96. The molecule has 2 aromatic heterocycles. The number of aryl methyl sites for hydroxylation is 1. The largest absolute Gasteiger partial charge is 0.338 e. The molecule has 7 nitrogen and oxygen atoms in total. The van der Waals surface area contributed by atoms with E-state index in [0.29, 0.717) is 24.0 Å². The van der Waals surface area contributed by atoms with Crippen molar-refractivity contribution in [3.8, 4) is 11.4 Å². The first kappa shape index (κ1) is 23.2. The fourth-order valence-electron chi connectivity index (χ4n) is 3.79. The highest BCUT2D eigenvalue weighted by Crippen LogP contribution is 2.28. The van der Waals surface area contributed by atoms with E-state index in [4.69, 9.17) is 4.52 Å². The average molecular weight is 463 g/mol. The first-order valence-corrected chi connectivity index (χ1v) is 12.3. The van der Waals surface area contributed by atoms with Gasteiger partial charge in [-0.1, -0.05) is 85.4 Å². The quantitative estimate of drug-likeness (QED) is 0.298. The predicted octanol–water partition coefficient (Wildman–Crippen LogP) is 5.24.